The second-order valence-corrected chi connectivity index (χ2v) is 3.57. The smallest absolute Gasteiger partial charge is 0.140 e. The monoisotopic (exact) mass is 212 g/mol. The number of hydrogen-bond acceptors (Lipinski definition) is 2. The second-order valence-electron chi connectivity index (χ2n) is 2.81. The third kappa shape index (κ3) is 1.47. The topological polar surface area (TPSA) is 25.8 Å². The molecule has 0 saturated carbocycles. The molecule has 0 saturated heterocycles. The molecule has 0 fully saturated rings. The number of nitrogens with zero attached hydrogens (tertiary/aromatic N) is 2. The van der Waals surface area contributed by atoms with Gasteiger partial charge in [-0.25, -0.2) is 9.97 Å². The van der Waals surface area contributed by atoms with E-state index in [0.29, 0.717) is 15.7 Å². The van der Waals surface area contributed by atoms with Crippen LogP contribution in [0.5, 0.6) is 0 Å². The molecular formula is C9H6Cl2N2. The van der Waals surface area contributed by atoms with E-state index in [1.54, 1.807) is 0 Å². The van der Waals surface area contributed by atoms with Gasteiger partial charge in [0.2, 0.25) is 0 Å². The molecular weight excluding hydrogens is 207 g/mol. The molecule has 0 N–H and O–H groups in total. The van der Waals surface area contributed by atoms with Gasteiger partial charge in [-0.3, -0.25) is 0 Å². The normalized spacial score (nSPS) is 10.7. The summed E-state index contributed by atoms with van der Waals surface area (Å²) in [6.45, 7) is 1.95. The van der Waals surface area contributed by atoms with Crippen LogP contribution >= 0.6 is 23.2 Å². The van der Waals surface area contributed by atoms with Crippen molar-refractivity contribution in [2.75, 3.05) is 0 Å². The van der Waals surface area contributed by atoms with Crippen molar-refractivity contribution in [2.24, 2.45) is 0 Å². The van der Waals surface area contributed by atoms with Crippen LogP contribution in [-0.4, -0.2) is 9.97 Å². The SMILES string of the molecule is Cc1cc(Cl)c2ncnc(Cl)c2c1. The maximum atomic E-state index is 5.99. The number of benzene rings is 1. The van der Waals surface area contributed by atoms with E-state index >= 15 is 0 Å². The molecule has 1 heterocycles. The van der Waals surface area contributed by atoms with Crippen molar-refractivity contribution in [3.05, 3.63) is 34.2 Å². The number of hydrogen-bond donors (Lipinski definition) is 0. The van der Waals surface area contributed by atoms with Gasteiger partial charge in [0.1, 0.15) is 11.5 Å². The zero-order chi connectivity index (χ0) is 9.42. The quantitative estimate of drug-likeness (QED) is 0.627. The van der Waals surface area contributed by atoms with E-state index in [1.807, 2.05) is 19.1 Å². The van der Waals surface area contributed by atoms with Gasteiger partial charge in [-0.2, -0.15) is 0 Å². The molecule has 0 aliphatic heterocycles. The molecule has 0 radical (unpaired) electrons. The largest absolute Gasteiger partial charge is 0.235 e. The van der Waals surface area contributed by atoms with Crippen molar-refractivity contribution in [1.82, 2.24) is 9.97 Å². The molecule has 66 valence electrons. The molecule has 2 rings (SSSR count). The number of aromatic nitrogens is 2. The van der Waals surface area contributed by atoms with Gasteiger partial charge >= 0.3 is 0 Å². The molecule has 1 aromatic heterocycles. The fourth-order valence-corrected chi connectivity index (χ4v) is 1.74. The summed E-state index contributed by atoms with van der Waals surface area (Å²) in [4.78, 5) is 7.94. The summed E-state index contributed by atoms with van der Waals surface area (Å²) in [5, 5.41) is 1.85. The first-order chi connectivity index (χ1) is 6.18. The lowest BCUT2D eigenvalue weighted by Gasteiger charge is -2.01. The van der Waals surface area contributed by atoms with Crippen LogP contribution in [-0.2, 0) is 0 Å². The zero-order valence-corrected chi connectivity index (χ0v) is 8.39. The maximum absolute atomic E-state index is 5.99. The Bertz CT molecular complexity index is 468. The summed E-state index contributed by atoms with van der Waals surface area (Å²) in [6.07, 6.45) is 1.41. The second kappa shape index (κ2) is 3.13. The van der Waals surface area contributed by atoms with Crippen LogP contribution in [0.25, 0.3) is 10.9 Å². The minimum atomic E-state index is 0.440. The van der Waals surface area contributed by atoms with Crippen LogP contribution in [0.3, 0.4) is 0 Å². The predicted molar refractivity (Wildman–Crippen MR) is 54.3 cm³/mol. The molecule has 2 nitrogen and oxygen atoms in total. The lowest BCUT2D eigenvalue weighted by atomic mass is 10.2. The lowest BCUT2D eigenvalue weighted by molar-refractivity contribution is 1.22. The standard InChI is InChI=1S/C9H6Cl2N2/c1-5-2-6-8(7(10)3-5)12-4-13-9(6)11/h2-4H,1H3. The van der Waals surface area contributed by atoms with Gasteiger partial charge < -0.3 is 0 Å². The molecule has 0 unspecified atom stereocenters. The highest BCUT2D eigenvalue weighted by molar-refractivity contribution is 6.38. The molecule has 0 spiro atoms. The molecule has 0 aliphatic carbocycles. The van der Waals surface area contributed by atoms with Crippen LogP contribution in [0.1, 0.15) is 5.56 Å². The van der Waals surface area contributed by atoms with E-state index < -0.39 is 0 Å². The summed E-state index contributed by atoms with van der Waals surface area (Å²) >= 11 is 11.9. The van der Waals surface area contributed by atoms with Crippen molar-refractivity contribution < 1.29 is 0 Å². The first-order valence-electron chi connectivity index (χ1n) is 3.75. The highest BCUT2D eigenvalue weighted by atomic mass is 35.5. The number of aryl methyl sites for hydroxylation is 1. The number of rotatable bonds is 0. The summed E-state index contributed by atoms with van der Waals surface area (Å²) < 4.78 is 0. The van der Waals surface area contributed by atoms with Gasteiger partial charge in [-0.05, 0) is 24.6 Å². The van der Waals surface area contributed by atoms with Crippen LogP contribution in [0.2, 0.25) is 10.2 Å². The van der Waals surface area contributed by atoms with E-state index in [2.05, 4.69) is 9.97 Å². The van der Waals surface area contributed by atoms with Gasteiger partial charge in [0.15, 0.2) is 0 Å². The minimum absolute atomic E-state index is 0.440. The van der Waals surface area contributed by atoms with Crippen molar-refractivity contribution in [3.8, 4) is 0 Å². The summed E-state index contributed by atoms with van der Waals surface area (Å²) in [7, 11) is 0. The summed E-state index contributed by atoms with van der Waals surface area (Å²) in [5.74, 6) is 0. The average molecular weight is 213 g/mol. The number of fused-ring (bicyclic) bond motifs is 1. The Kier molecular flexibility index (Phi) is 2.10. The summed E-state index contributed by atoms with van der Waals surface area (Å²) in [5.41, 5.74) is 1.75. The Morgan fingerprint density at radius 2 is 1.92 bits per heavy atom. The molecule has 0 bridgehead atoms. The van der Waals surface area contributed by atoms with Crippen molar-refractivity contribution in [1.29, 1.82) is 0 Å². The molecule has 0 amide bonds. The Morgan fingerprint density at radius 3 is 2.69 bits per heavy atom. The predicted octanol–water partition coefficient (Wildman–Crippen LogP) is 3.25. The number of halogens is 2. The third-order valence-corrected chi connectivity index (χ3v) is 2.38. The van der Waals surface area contributed by atoms with Gasteiger partial charge in [-0.1, -0.05) is 23.2 Å². The van der Waals surface area contributed by atoms with Gasteiger partial charge in [0, 0.05) is 5.39 Å². The molecule has 2 aromatic rings. The highest BCUT2D eigenvalue weighted by Gasteiger charge is 2.05. The third-order valence-electron chi connectivity index (χ3n) is 1.79. The van der Waals surface area contributed by atoms with E-state index in [9.17, 15) is 0 Å². The van der Waals surface area contributed by atoms with Crippen molar-refractivity contribution in [2.45, 2.75) is 6.92 Å². The van der Waals surface area contributed by atoms with Gasteiger partial charge in [0.25, 0.3) is 0 Å². The van der Waals surface area contributed by atoms with E-state index in [0.717, 1.165) is 10.9 Å². The van der Waals surface area contributed by atoms with Gasteiger partial charge in [-0.15, -0.1) is 0 Å². The van der Waals surface area contributed by atoms with Crippen LogP contribution in [0, 0.1) is 6.92 Å². The Hall–Kier alpha value is -0.860. The average Bonchev–Trinajstić information content (AvgIpc) is 2.07. The zero-order valence-electron chi connectivity index (χ0n) is 6.88. The Labute approximate surface area is 85.5 Å². The first-order valence-corrected chi connectivity index (χ1v) is 4.50. The van der Waals surface area contributed by atoms with Crippen LogP contribution < -0.4 is 0 Å². The highest BCUT2D eigenvalue weighted by Crippen LogP contribution is 2.26. The van der Waals surface area contributed by atoms with E-state index in [1.165, 1.54) is 6.33 Å². The fraction of sp³-hybridized carbons (Fsp3) is 0.111. The summed E-state index contributed by atoms with van der Waals surface area (Å²) in [6, 6.07) is 3.77. The maximum Gasteiger partial charge on any atom is 0.140 e. The van der Waals surface area contributed by atoms with Gasteiger partial charge in [0.05, 0.1) is 10.5 Å². The van der Waals surface area contributed by atoms with Crippen molar-refractivity contribution >= 4 is 34.1 Å². The van der Waals surface area contributed by atoms with E-state index in [4.69, 9.17) is 23.2 Å². The fourth-order valence-electron chi connectivity index (χ4n) is 1.23. The molecule has 0 atom stereocenters. The molecule has 13 heavy (non-hydrogen) atoms. The molecule has 4 heteroatoms. The van der Waals surface area contributed by atoms with Crippen molar-refractivity contribution in [3.63, 3.8) is 0 Å². The van der Waals surface area contributed by atoms with Crippen LogP contribution in [0.4, 0.5) is 0 Å². The van der Waals surface area contributed by atoms with Crippen LogP contribution in [0.15, 0.2) is 18.5 Å². The lowest BCUT2D eigenvalue weighted by Crippen LogP contribution is -1.85. The molecule has 0 aliphatic rings. The Morgan fingerprint density at radius 1 is 1.15 bits per heavy atom. The first kappa shape index (κ1) is 8.73. The minimum Gasteiger partial charge on any atom is -0.235 e. The Balaban J connectivity index is 2.94. The molecule has 1 aromatic carbocycles. The van der Waals surface area contributed by atoms with E-state index in [-0.39, 0.29) is 0 Å².